The fourth-order valence-corrected chi connectivity index (χ4v) is 1.92. The van der Waals surface area contributed by atoms with E-state index < -0.39 is 0 Å². The maximum atomic E-state index is 4.22. The molecular formula is C15H16IN3. The standard InChI is InChI=1S/C15H16IN3/c1-19(2)15-9-7-14(8-10-15)18-17-11-12-3-5-13(16)6-4-12/h3-11,18H,1-2H3. The van der Waals surface area contributed by atoms with Gasteiger partial charge in [-0.05, 0) is 64.6 Å². The van der Waals surface area contributed by atoms with Crippen molar-refractivity contribution in [2.45, 2.75) is 0 Å². The summed E-state index contributed by atoms with van der Waals surface area (Å²) < 4.78 is 1.22. The van der Waals surface area contributed by atoms with Crippen LogP contribution in [0.1, 0.15) is 5.56 Å². The first kappa shape index (κ1) is 13.9. The molecule has 98 valence electrons. The molecule has 0 heterocycles. The number of halogens is 1. The number of nitrogens with zero attached hydrogens (tertiary/aromatic N) is 2. The second kappa shape index (κ2) is 6.56. The molecule has 0 bridgehead atoms. The molecule has 2 aromatic carbocycles. The Kier molecular flexibility index (Phi) is 4.79. The molecule has 0 aromatic heterocycles. The number of nitrogens with one attached hydrogen (secondary N) is 1. The van der Waals surface area contributed by atoms with Crippen LogP contribution >= 0.6 is 22.6 Å². The minimum Gasteiger partial charge on any atom is -0.378 e. The van der Waals surface area contributed by atoms with Gasteiger partial charge in [0.15, 0.2) is 0 Å². The molecule has 2 rings (SSSR count). The van der Waals surface area contributed by atoms with Gasteiger partial charge < -0.3 is 4.90 Å². The van der Waals surface area contributed by atoms with E-state index in [9.17, 15) is 0 Å². The lowest BCUT2D eigenvalue weighted by molar-refractivity contribution is 1.13. The molecule has 0 aliphatic heterocycles. The Balaban J connectivity index is 1.96. The summed E-state index contributed by atoms with van der Waals surface area (Å²) in [5, 5.41) is 4.22. The SMILES string of the molecule is CN(C)c1ccc(NN=Cc2ccc(I)cc2)cc1. The molecule has 0 aliphatic carbocycles. The van der Waals surface area contributed by atoms with Gasteiger partial charge in [0, 0.05) is 23.4 Å². The highest BCUT2D eigenvalue weighted by molar-refractivity contribution is 14.1. The van der Waals surface area contributed by atoms with Crippen molar-refractivity contribution in [2.75, 3.05) is 24.4 Å². The molecule has 19 heavy (non-hydrogen) atoms. The van der Waals surface area contributed by atoms with Gasteiger partial charge in [-0.3, -0.25) is 5.43 Å². The van der Waals surface area contributed by atoms with Gasteiger partial charge in [0.25, 0.3) is 0 Å². The summed E-state index contributed by atoms with van der Waals surface area (Å²) in [7, 11) is 4.05. The van der Waals surface area contributed by atoms with Gasteiger partial charge in [-0.2, -0.15) is 5.10 Å². The van der Waals surface area contributed by atoms with Crippen LogP contribution in [0.25, 0.3) is 0 Å². The van der Waals surface area contributed by atoms with E-state index in [1.807, 2.05) is 44.6 Å². The predicted octanol–water partition coefficient (Wildman–Crippen LogP) is 3.80. The molecular weight excluding hydrogens is 349 g/mol. The molecule has 3 nitrogen and oxygen atoms in total. The van der Waals surface area contributed by atoms with Gasteiger partial charge in [-0.15, -0.1) is 0 Å². The number of rotatable bonds is 4. The van der Waals surface area contributed by atoms with Gasteiger partial charge in [-0.25, -0.2) is 0 Å². The molecule has 0 radical (unpaired) electrons. The Morgan fingerprint density at radius 2 is 1.63 bits per heavy atom. The van der Waals surface area contributed by atoms with E-state index in [1.54, 1.807) is 0 Å². The van der Waals surface area contributed by atoms with Crippen LogP contribution in [0, 0.1) is 3.57 Å². The van der Waals surface area contributed by atoms with Crippen LogP contribution in [0.4, 0.5) is 11.4 Å². The normalized spacial score (nSPS) is 10.7. The van der Waals surface area contributed by atoms with E-state index in [2.05, 4.69) is 62.3 Å². The zero-order valence-electron chi connectivity index (χ0n) is 11.0. The van der Waals surface area contributed by atoms with E-state index >= 15 is 0 Å². The molecule has 0 fully saturated rings. The first-order valence-electron chi connectivity index (χ1n) is 5.97. The van der Waals surface area contributed by atoms with Crippen LogP contribution < -0.4 is 10.3 Å². The molecule has 2 aromatic rings. The minimum absolute atomic E-state index is 0.979. The molecule has 1 N–H and O–H groups in total. The van der Waals surface area contributed by atoms with Gasteiger partial charge >= 0.3 is 0 Å². The highest BCUT2D eigenvalue weighted by Gasteiger charge is 1.94. The molecule has 4 heteroatoms. The fraction of sp³-hybridized carbons (Fsp3) is 0.133. The Labute approximate surface area is 127 Å². The largest absolute Gasteiger partial charge is 0.378 e. The molecule has 0 unspecified atom stereocenters. The van der Waals surface area contributed by atoms with Gasteiger partial charge in [-0.1, -0.05) is 12.1 Å². The van der Waals surface area contributed by atoms with Crippen molar-refractivity contribution < 1.29 is 0 Å². The van der Waals surface area contributed by atoms with Crippen LogP contribution in [0.3, 0.4) is 0 Å². The lowest BCUT2D eigenvalue weighted by Crippen LogP contribution is -2.08. The zero-order chi connectivity index (χ0) is 13.7. The topological polar surface area (TPSA) is 27.6 Å². The Morgan fingerprint density at radius 1 is 1.00 bits per heavy atom. The van der Waals surface area contributed by atoms with Crippen molar-refractivity contribution >= 4 is 40.2 Å². The van der Waals surface area contributed by atoms with Gasteiger partial charge in [0.1, 0.15) is 0 Å². The Bertz CT molecular complexity index is 545. The van der Waals surface area contributed by atoms with Crippen LogP contribution in [0.5, 0.6) is 0 Å². The number of hydrogen-bond donors (Lipinski definition) is 1. The van der Waals surface area contributed by atoms with Crippen molar-refractivity contribution in [1.82, 2.24) is 0 Å². The summed E-state index contributed by atoms with van der Waals surface area (Å²) in [6, 6.07) is 16.4. The van der Waals surface area contributed by atoms with E-state index in [0.29, 0.717) is 0 Å². The summed E-state index contributed by atoms with van der Waals surface area (Å²) in [4.78, 5) is 2.07. The van der Waals surface area contributed by atoms with Crippen LogP contribution in [-0.4, -0.2) is 20.3 Å². The van der Waals surface area contributed by atoms with Crippen LogP contribution in [-0.2, 0) is 0 Å². The lowest BCUT2D eigenvalue weighted by Gasteiger charge is -2.12. The zero-order valence-corrected chi connectivity index (χ0v) is 13.1. The van der Waals surface area contributed by atoms with Crippen LogP contribution in [0.2, 0.25) is 0 Å². The molecule has 0 atom stereocenters. The van der Waals surface area contributed by atoms with Gasteiger partial charge in [0.2, 0.25) is 0 Å². The Hall–Kier alpha value is -1.56. The molecule has 0 spiro atoms. The summed E-state index contributed by atoms with van der Waals surface area (Å²) in [6.07, 6.45) is 1.82. The van der Waals surface area contributed by atoms with E-state index in [0.717, 1.165) is 11.3 Å². The summed E-state index contributed by atoms with van der Waals surface area (Å²) >= 11 is 2.29. The van der Waals surface area contributed by atoms with E-state index in [-0.39, 0.29) is 0 Å². The fourth-order valence-electron chi connectivity index (χ4n) is 1.56. The minimum atomic E-state index is 0.979. The third-order valence-corrected chi connectivity index (χ3v) is 3.38. The monoisotopic (exact) mass is 365 g/mol. The molecule has 0 saturated carbocycles. The maximum Gasteiger partial charge on any atom is 0.0563 e. The second-order valence-corrected chi connectivity index (χ2v) is 5.61. The second-order valence-electron chi connectivity index (χ2n) is 4.36. The van der Waals surface area contributed by atoms with Crippen molar-refractivity contribution in [3.05, 3.63) is 57.7 Å². The molecule has 0 saturated heterocycles. The number of anilines is 2. The third kappa shape index (κ3) is 4.24. The van der Waals surface area contributed by atoms with Crippen molar-refractivity contribution in [2.24, 2.45) is 5.10 Å². The van der Waals surface area contributed by atoms with E-state index in [4.69, 9.17) is 0 Å². The smallest absolute Gasteiger partial charge is 0.0563 e. The van der Waals surface area contributed by atoms with E-state index in [1.165, 1.54) is 9.26 Å². The van der Waals surface area contributed by atoms with Crippen molar-refractivity contribution in [1.29, 1.82) is 0 Å². The van der Waals surface area contributed by atoms with Gasteiger partial charge in [0.05, 0.1) is 11.9 Å². The first-order chi connectivity index (χ1) is 9.15. The summed E-state index contributed by atoms with van der Waals surface area (Å²) in [5.74, 6) is 0. The quantitative estimate of drug-likeness (QED) is 0.507. The summed E-state index contributed by atoms with van der Waals surface area (Å²) in [6.45, 7) is 0. The maximum absolute atomic E-state index is 4.22. The third-order valence-electron chi connectivity index (χ3n) is 2.66. The number of hydrogen-bond acceptors (Lipinski definition) is 3. The Morgan fingerprint density at radius 3 is 2.21 bits per heavy atom. The highest BCUT2D eigenvalue weighted by atomic mass is 127. The number of hydrazone groups is 1. The molecule has 0 amide bonds. The lowest BCUT2D eigenvalue weighted by atomic mass is 10.2. The summed E-state index contributed by atoms with van der Waals surface area (Å²) in [5.41, 5.74) is 6.26. The first-order valence-corrected chi connectivity index (χ1v) is 7.05. The van der Waals surface area contributed by atoms with Crippen molar-refractivity contribution in [3.8, 4) is 0 Å². The van der Waals surface area contributed by atoms with Crippen molar-refractivity contribution in [3.63, 3.8) is 0 Å². The molecule has 0 aliphatic rings. The van der Waals surface area contributed by atoms with Crippen LogP contribution in [0.15, 0.2) is 53.6 Å². The highest BCUT2D eigenvalue weighted by Crippen LogP contribution is 2.15. The average molecular weight is 365 g/mol. The predicted molar refractivity (Wildman–Crippen MR) is 91.1 cm³/mol. The average Bonchev–Trinajstić information content (AvgIpc) is 2.41. The number of benzene rings is 2.